The largest absolute Gasteiger partial charge is 0.726 e. The Morgan fingerprint density at radius 3 is 2.27 bits per heavy atom. The summed E-state index contributed by atoms with van der Waals surface area (Å²) in [6.07, 6.45) is -1.32. The van der Waals surface area contributed by atoms with Gasteiger partial charge in [-0.3, -0.25) is 4.18 Å². The maximum atomic E-state index is 12.1. The molecule has 0 radical (unpaired) electrons. The van der Waals surface area contributed by atoms with E-state index >= 15 is 0 Å². The molecule has 1 saturated heterocycles. The van der Waals surface area contributed by atoms with Crippen LogP contribution in [0.4, 0.5) is 0 Å². The summed E-state index contributed by atoms with van der Waals surface area (Å²) in [5.74, 6) is 0.0774. The van der Waals surface area contributed by atoms with Gasteiger partial charge in [0.1, 0.15) is 18.3 Å². The van der Waals surface area contributed by atoms with Gasteiger partial charge in [0.05, 0.1) is 24.9 Å². The van der Waals surface area contributed by atoms with E-state index in [0.717, 1.165) is 38.5 Å². The van der Waals surface area contributed by atoms with Crippen LogP contribution >= 0.6 is 0 Å². The molecule has 1 heterocycles. The molecule has 4 saturated carbocycles. The molecule has 0 unspecified atom stereocenters. The first-order chi connectivity index (χ1) is 21.0. The number of carboxylic acids is 1. The highest BCUT2D eigenvalue weighted by molar-refractivity contribution is 7.80. The number of hydrogen-bond acceptors (Lipinski definition) is 12. The van der Waals surface area contributed by atoms with Crippen LogP contribution in [0.15, 0.2) is 0 Å². The lowest BCUT2D eigenvalue weighted by Gasteiger charge is -2.65. The first-order valence-electron chi connectivity index (χ1n) is 16.8. The molecule has 0 aromatic heterocycles. The Morgan fingerprint density at radius 1 is 0.956 bits per heavy atom. The summed E-state index contributed by atoms with van der Waals surface area (Å²) in [5.41, 5.74) is -0.0351. The minimum atomic E-state index is -4.72. The van der Waals surface area contributed by atoms with Crippen LogP contribution in [0.3, 0.4) is 0 Å². The SMILES string of the molecule is CC[C@H]1[C@@H](O)[C@@H]2[C@H](CC[C@]3(C)[C@@H]([C@H](C)CCOS(=O)(=O)[O-])CC[C@@H]23)[C@@]2(C)CC[C@@H](O[C@@H]3O[C@H](CC(=O)[O-])[C@@H](O)[C@H](O)[C@H]3O)C[C@@H]12. The van der Waals surface area contributed by atoms with Crippen molar-refractivity contribution in [2.45, 2.75) is 135 Å². The highest BCUT2D eigenvalue weighted by Gasteiger charge is 2.65. The number of fused-ring (bicyclic) bond motifs is 5. The molecule has 45 heavy (non-hydrogen) atoms. The molecule has 0 bridgehead atoms. The maximum absolute atomic E-state index is 12.1. The number of aliphatic hydroxyl groups excluding tert-OH is 4. The second-order valence-electron chi connectivity index (χ2n) is 15.3. The quantitative estimate of drug-likeness (QED) is 0.148. The summed E-state index contributed by atoms with van der Waals surface area (Å²) in [4.78, 5) is 11.2. The van der Waals surface area contributed by atoms with Gasteiger partial charge in [0, 0.05) is 12.4 Å². The smallest absolute Gasteiger partial charge is 0.217 e. The van der Waals surface area contributed by atoms with Gasteiger partial charge in [0.15, 0.2) is 6.29 Å². The second kappa shape index (κ2) is 13.2. The summed E-state index contributed by atoms with van der Waals surface area (Å²) >= 11 is 0. The number of hydrogen-bond donors (Lipinski definition) is 4. The molecule has 5 rings (SSSR count). The van der Waals surface area contributed by atoms with Crippen LogP contribution in [0.25, 0.3) is 0 Å². The van der Waals surface area contributed by atoms with Crippen molar-refractivity contribution < 1.29 is 57.0 Å². The van der Waals surface area contributed by atoms with E-state index in [2.05, 4.69) is 31.9 Å². The minimum Gasteiger partial charge on any atom is -0.726 e. The monoisotopic (exact) mass is 660 g/mol. The molecule has 13 heteroatoms. The Hall–Kier alpha value is -0.900. The number of carbonyl (C=O) groups is 1. The molecule has 0 amide bonds. The number of aliphatic carboxylic acids is 1. The zero-order valence-corrected chi connectivity index (χ0v) is 27.6. The summed E-state index contributed by atoms with van der Waals surface area (Å²) in [6, 6.07) is 0. The van der Waals surface area contributed by atoms with Gasteiger partial charge >= 0.3 is 0 Å². The molecule has 16 atom stereocenters. The fraction of sp³-hybridized carbons (Fsp3) is 0.969. The van der Waals surface area contributed by atoms with E-state index in [-0.39, 0.29) is 47.2 Å². The van der Waals surface area contributed by atoms with Crippen LogP contribution in [0, 0.1) is 52.3 Å². The van der Waals surface area contributed by atoms with Gasteiger partial charge in [-0.15, -0.1) is 0 Å². The Kier molecular flexibility index (Phi) is 10.4. The van der Waals surface area contributed by atoms with Gasteiger partial charge in [-0.05, 0) is 104 Å². The molecule has 0 aromatic carbocycles. The Morgan fingerprint density at radius 2 is 1.62 bits per heavy atom. The lowest BCUT2D eigenvalue weighted by Crippen LogP contribution is -2.63. The Labute approximate surface area is 266 Å². The highest BCUT2D eigenvalue weighted by atomic mass is 32.3. The standard InChI is InChI=1S/C32H54O12S/c1-5-18-22-14-17(43-30-29(38)28(37)27(36)23(44-30)15-24(33)34)8-11-32(22,4)21-9-12-31(3)19(6-7-20(31)25(21)26(18)35)16(2)10-13-42-45(39,40)41/h16-23,25-30,35-38H,5-15H2,1-4H3,(H,33,34)(H,39,40,41)/p-2/t16-,17-,18-,19-,20+,21+,22+,23-,25+,26-,27-,28+,29-,30-,31-,32-/m1/s1. The second-order valence-corrected chi connectivity index (χ2v) is 16.4. The van der Waals surface area contributed by atoms with Crippen LogP contribution < -0.4 is 5.11 Å². The summed E-state index contributed by atoms with van der Waals surface area (Å²) < 4.78 is 49.2. The fourth-order valence-corrected chi connectivity index (χ4v) is 11.4. The van der Waals surface area contributed by atoms with Crippen LogP contribution in [0.2, 0.25) is 0 Å². The van der Waals surface area contributed by atoms with E-state index in [4.69, 9.17) is 9.47 Å². The van der Waals surface area contributed by atoms with Gasteiger partial charge < -0.3 is 44.4 Å². The lowest BCUT2D eigenvalue weighted by molar-refractivity contribution is -0.330. The molecular formula is C32H52O12S-2. The third-order valence-electron chi connectivity index (χ3n) is 13.3. The third-order valence-corrected chi connectivity index (χ3v) is 13.7. The van der Waals surface area contributed by atoms with Gasteiger partial charge in [-0.2, -0.15) is 0 Å². The first kappa shape index (κ1) is 35.4. The average molecular weight is 661 g/mol. The maximum Gasteiger partial charge on any atom is 0.217 e. The molecule has 5 fully saturated rings. The Bertz CT molecular complexity index is 1170. The zero-order chi connectivity index (χ0) is 33.1. The van der Waals surface area contributed by atoms with Gasteiger partial charge in [-0.25, -0.2) is 8.42 Å². The van der Waals surface area contributed by atoms with Crippen LogP contribution in [0.1, 0.15) is 91.9 Å². The zero-order valence-electron chi connectivity index (χ0n) is 26.8. The number of rotatable bonds is 10. The number of carboxylic acid groups (broad SMARTS) is 1. The molecule has 260 valence electrons. The Balaban J connectivity index is 1.30. The lowest BCUT2D eigenvalue weighted by atomic mass is 9.41. The number of carbonyl (C=O) groups excluding carboxylic acids is 1. The molecule has 4 N–H and O–H groups in total. The molecule has 4 aliphatic carbocycles. The minimum absolute atomic E-state index is 0.00156. The number of aliphatic hydroxyl groups is 4. The normalized spacial score (nSPS) is 49.0. The number of ether oxygens (including phenoxy) is 2. The summed E-state index contributed by atoms with van der Waals surface area (Å²) in [5, 5.41) is 54.5. The van der Waals surface area contributed by atoms with E-state index in [9.17, 15) is 43.3 Å². The topological polar surface area (TPSA) is 206 Å². The van der Waals surface area contributed by atoms with Crippen LogP contribution in [-0.2, 0) is 28.9 Å². The molecule has 0 aromatic rings. The molecule has 5 aliphatic rings. The van der Waals surface area contributed by atoms with Crippen molar-refractivity contribution in [3.63, 3.8) is 0 Å². The van der Waals surface area contributed by atoms with E-state index in [0.29, 0.717) is 37.0 Å². The van der Waals surface area contributed by atoms with Gasteiger partial charge in [-0.1, -0.05) is 34.1 Å². The summed E-state index contributed by atoms with van der Waals surface area (Å²) in [6.45, 7) is 8.82. The molecule has 0 spiro atoms. The fourth-order valence-electron chi connectivity index (χ4n) is 11.1. The highest BCUT2D eigenvalue weighted by Crippen LogP contribution is 2.69. The van der Waals surface area contributed by atoms with Crippen molar-refractivity contribution in [2.24, 2.45) is 52.3 Å². The van der Waals surface area contributed by atoms with Crippen molar-refractivity contribution in [2.75, 3.05) is 6.61 Å². The van der Waals surface area contributed by atoms with E-state index in [1.54, 1.807) is 0 Å². The van der Waals surface area contributed by atoms with Crippen molar-refractivity contribution in [1.82, 2.24) is 0 Å². The third kappa shape index (κ3) is 6.59. The average Bonchev–Trinajstić information content (AvgIpc) is 3.31. The van der Waals surface area contributed by atoms with Crippen LogP contribution in [0.5, 0.6) is 0 Å². The van der Waals surface area contributed by atoms with Crippen LogP contribution in [-0.4, -0.2) is 88.9 Å². The van der Waals surface area contributed by atoms with Crippen molar-refractivity contribution >= 4 is 16.4 Å². The first-order valence-corrected chi connectivity index (χ1v) is 18.2. The van der Waals surface area contributed by atoms with Crippen molar-refractivity contribution in [3.05, 3.63) is 0 Å². The molecular weight excluding hydrogens is 608 g/mol. The van der Waals surface area contributed by atoms with E-state index in [1.165, 1.54) is 0 Å². The van der Waals surface area contributed by atoms with E-state index in [1.807, 2.05) is 0 Å². The van der Waals surface area contributed by atoms with Gasteiger partial charge in [0.25, 0.3) is 0 Å². The predicted molar refractivity (Wildman–Crippen MR) is 156 cm³/mol. The van der Waals surface area contributed by atoms with Crippen molar-refractivity contribution in [1.29, 1.82) is 0 Å². The summed E-state index contributed by atoms with van der Waals surface area (Å²) in [7, 11) is -4.72. The molecule has 1 aliphatic heterocycles. The van der Waals surface area contributed by atoms with Gasteiger partial charge in [0.2, 0.25) is 10.4 Å². The van der Waals surface area contributed by atoms with E-state index < -0.39 is 59.6 Å². The van der Waals surface area contributed by atoms with Crippen molar-refractivity contribution in [3.8, 4) is 0 Å². The molecule has 12 nitrogen and oxygen atoms in total. The predicted octanol–water partition coefficient (Wildman–Crippen LogP) is 1.09.